The van der Waals surface area contributed by atoms with Gasteiger partial charge in [-0.1, -0.05) is 30.3 Å². The number of carbonyl (C=O) groups is 2. The van der Waals surface area contributed by atoms with Crippen LogP contribution in [0.2, 0.25) is 0 Å². The molecule has 128 valence electrons. The van der Waals surface area contributed by atoms with Crippen LogP contribution in [0.5, 0.6) is 0 Å². The summed E-state index contributed by atoms with van der Waals surface area (Å²) in [4.78, 5) is 28.3. The quantitative estimate of drug-likeness (QED) is 0.568. The van der Waals surface area contributed by atoms with Crippen molar-refractivity contribution in [3.8, 4) is 0 Å². The third-order valence-corrected chi connectivity index (χ3v) is 4.25. The van der Waals surface area contributed by atoms with Crippen molar-refractivity contribution >= 4 is 28.3 Å². The smallest absolute Gasteiger partial charge is 0.311 e. The number of methoxy groups -OCH3 is 1. The van der Waals surface area contributed by atoms with Crippen LogP contribution in [-0.4, -0.2) is 43.1 Å². The number of rotatable bonds is 7. The molecule has 1 heterocycles. The highest BCUT2D eigenvalue weighted by Gasteiger charge is 2.21. The van der Waals surface area contributed by atoms with Crippen molar-refractivity contribution in [3.63, 3.8) is 0 Å². The van der Waals surface area contributed by atoms with Crippen molar-refractivity contribution in [2.75, 3.05) is 26.2 Å². The Labute approximate surface area is 145 Å². The van der Waals surface area contributed by atoms with Gasteiger partial charge in [-0.3, -0.25) is 9.59 Å². The molecule has 0 bridgehead atoms. The lowest BCUT2D eigenvalue weighted by Crippen LogP contribution is -2.42. The van der Waals surface area contributed by atoms with Gasteiger partial charge in [-0.25, -0.2) is 15.0 Å². The number of hydrogen-bond donors (Lipinski definition) is 0. The second-order valence-corrected chi connectivity index (χ2v) is 6.25. The van der Waals surface area contributed by atoms with Gasteiger partial charge < -0.3 is 4.74 Å². The number of hydrogen-bond acceptors (Lipinski definition) is 6. The van der Waals surface area contributed by atoms with E-state index in [-0.39, 0.29) is 18.3 Å². The van der Waals surface area contributed by atoms with Gasteiger partial charge in [0, 0.05) is 25.9 Å². The third-order valence-electron chi connectivity index (χ3n) is 3.38. The zero-order valence-electron chi connectivity index (χ0n) is 14.1. The number of hydrazine groups is 1. The molecular weight excluding hydrogens is 326 g/mol. The summed E-state index contributed by atoms with van der Waals surface area (Å²) in [7, 11) is 4.93. The van der Waals surface area contributed by atoms with Gasteiger partial charge in [0.05, 0.1) is 19.2 Å². The summed E-state index contributed by atoms with van der Waals surface area (Å²) in [5.74, 6) is -0.388. The van der Waals surface area contributed by atoms with Gasteiger partial charge >= 0.3 is 5.97 Å². The van der Waals surface area contributed by atoms with E-state index in [1.807, 2.05) is 30.3 Å². The minimum atomic E-state index is -0.348. The molecule has 0 spiro atoms. The predicted molar refractivity (Wildman–Crippen MR) is 93.8 cm³/mol. The van der Waals surface area contributed by atoms with Crippen molar-refractivity contribution in [1.29, 1.82) is 0 Å². The molecule has 1 amide bonds. The first-order valence-electron chi connectivity index (χ1n) is 7.56. The molecule has 2 rings (SSSR count). The summed E-state index contributed by atoms with van der Waals surface area (Å²) in [5, 5.41) is 5.56. The van der Waals surface area contributed by atoms with Gasteiger partial charge in [-0.15, -0.1) is 11.3 Å². The molecule has 0 fully saturated rings. The van der Waals surface area contributed by atoms with E-state index < -0.39 is 0 Å². The van der Waals surface area contributed by atoms with Crippen LogP contribution in [-0.2, 0) is 27.2 Å². The van der Waals surface area contributed by atoms with Crippen LogP contribution in [0.25, 0.3) is 0 Å². The van der Waals surface area contributed by atoms with Crippen molar-refractivity contribution in [1.82, 2.24) is 9.99 Å². The molecule has 0 aliphatic heterocycles. The maximum atomic E-state index is 12.6. The van der Waals surface area contributed by atoms with Crippen LogP contribution in [0.3, 0.4) is 0 Å². The number of benzene rings is 1. The Bertz CT molecular complexity index is 685. The molecule has 6 nitrogen and oxygen atoms in total. The van der Waals surface area contributed by atoms with E-state index in [1.165, 1.54) is 23.5 Å². The van der Waals surface area contributed by atoms with Crippen molar-refractivity contribution in [2.24, 2.45) is 0 Å². The number of thiazole rings is 1. The van der Waals surface area contributed by atoms with Crippen molar-refractivity contribution in [2.45, 2.75) is 19.3 Å². The van der Waals surface area contributed by atoms with Gasteiger partial charge in [-0.05, 0) is 12.0 Å². The fourth-order valence-corrected chi connectivity index (χ4v) is 3.11. The van der Waals surface area contributed by atoms with E-state index in [0.29, 0.717) is 23.7 Å². The van der Waals surface area contributed by atoms with E-state index in [0.717, 1.165) is 5.56 Å². The highest BCUT2D eigenvalue weighted by atomic mass is 32.1. The van der Waals surface area contributed by atoms with E-state index in [2.05, 4.69) is 9.72 Å². The number of anilines is 1. The summed E-state index contributed by atoms with van der Waals surface area (Å²) >= 11 is 1.33. The Hall–Kier alpha value is -2.25. The number of nitrogens with zero attached hydrogens (tertiary/aromatic N) is 3. The normalized spacial score (nSPS) is 10.7. The Morgan fingerprint density at radius 2 is 1.92 bits per heavy atom. The molecule has 0 saturated carbocycles. The summed E-state index contributed by atoms with van der Waals surface area (Å²) in [6.45, 7) is 0. The number of aromatic nitrogens is 1. The van der Waals surface area contributed by atoms with Gasteiger partial charge in [0.15, 0.2) is 0 Å². The SMILES string of the molecule is COC(=O)Cc1csc(N(C(=O)CCc2ccccc2)N(C)C)n1. The average Bonchev–Trinajstić information content (AvgIpc) is 3.01. The molecule has 1 aromatic carbocycles. The lowest BCUT2D eigenvalue weighted by molar-refractivity contribution is -0.139. The van der Waals surface area contributed by atoms with Crippen LogP contribution < -0.4 is 5.01 Å². The van der Waals surface area contributed by atoms with Gasteiger partial charge in [0.25, 0.3) is 0 Å². The second kappa shape index (κ2) is 8.56. The zero-order valence-corrected chi connectivity index (χ0v) is 14.9. The van der Waals surface area contributed by atoms with Gasteiger partial charge in [0.2, 0.25) is 11.0 Å². The molecule has 0 radical (unpaired) electrons. The number of aryl methyl sites for hydroxylation is 1. The molecule has 0 saturated heterocycles. The fourth-order valence-electron chi connectivity index (χ4n) is 2.20. The van der Waals surface area contributed by atoms with E-state index >= 15 is 0 Å². The Morgan fingerprint density at radius 1 is 1.21 bits per heavy atom. The molecule has 0 N–H and O–H groups in total. The predicted octanol–water partition coefficient (Wildman–Crippen LogP) is 2.30. The van der Waals surface area contributed by atoms with Crippen LogP contribution in [0.1, 0.15) is 17.7 Å². The highest BCUT2D eigenvalue weighted by Crippen LogP contribution is 2.23. The molecular formula is C17H21N3O3S. The minimum absolute atomic E-state index is 0.0391. The van der Waals surface area contributed by atoms with Crippen molar-refractivity contribution in [3.05, 3.63) is 47.0 Å². The van der Waals surface area contributed by atoms with Crippen LogP contribution in [0.4, 0.5) is 5.13 Å². The Morgan fingerprint density at radius 3 is 2.54 bits per heavy atom. The van der Waals surface area contributed by atoms with Crippen LogP contribution in [0, 0.1) is 0 Å². The first kappa shape index (κ1) is 18.1. The van der Waals surface area contributed by atoms with Crippen LogP contribution >= 0.6 is 11.3 Å². The Balaban J connectivity index is 2.05. The molecule has 2 aromatic rings. The first-order chi connectivity index (χ1) is 11.5. The van der Waals surface area contributed by atoms with E-state index in [9.17, 15) is 9.59 Å². The minimum Gasteiger partial charge on any atom is -0.469 e. The lowest BCUT2D eigenvalue weighted by atomic mass is 10.1. The molecule has 0 aliphatic rings. The van der Waals surface area contributed by atoms with Gasteiger partial charge in [-0.2, -0.15) is 0 Å². The zero-order chi connectivity index (χ0) is 17.5. The van der Waals surface area contributed by atoms with Gasteiger partial charge in [0.1, 0.15) is 0 Å². The molecule has 0 aliphatic carbocycles. The standard InChI is InChI=1S/C17H21N3O3S/c1-19(2)20(15(21)10-9-13-7-5-4-6-8-13)17-18-14(12-24-17)11-16(22)23-3/h4-8,12H,9-11H2,1-3H3. The number of esters is 1. The topological polar surface area (TPSA) is 62.7 Å². The maximum absolute atomic E-state index is 12.6. The summed E-state index contributed by atoms with van der Waals surface area (Å²) in [6, 6.07) is 9.89. The monoisotopic (exact) mass is 347 g/mol. The largest absolute Gasteiger partial charge is 0.469 e. The highest BCUT2D eigenvalue weighted by molar-refractivity contribution is 7.14. The second-order valence-electron chi connectivity index (χ2n) is 5.41. The van der Waals surface area contributed by atoms with Crippen LogP contribution in [0.15, 0.2) is 35.7 Å². The maximum Gasteiger partial charge on any atom is 0.311 e. The molecule has 7 heteroatoms. The molecule has 0 unspecified atom stereocenters. The molecule has 1 aromatic heterocycles. The summed E-state index contributed by atoms with van der Waals surface area (Å²) in [6.07, 6.45) is 1.16. The average molecular weight is 347 g/mol. The number of amides is 1. The van der Waals surface area contributed by atoms with E-state index in [4.69, 9.17) is 0 Å². The first-order valence-corrected chi connectivity index (χ1v) is 8.44. The third kappa shape index (κ3) is 4.87. The summed E-state index contributed by atoms with van der Waals surface area (Å²) in [5.41, 5.74) is 1.72. The molecule has 24 heavy (non-hydrogen) atoms. The Kier molecular flexibility index (Phi) is 6.45. The van der Waals surface area contributed by atoms with E-state index in [1.54, 1.807) is 24.5 Å². The fraction of sp³-hybridized carbons (Fsp3) is 0.353. The number of carbonyl (C=O) groups excluding carboxylic acids is 2. The van der Waals surface area contributed by atoms with Crippen molar-refractivity contribution < 1.29 is 14.3 Å². The number of ether oxygens (including phenoxy) is 1. The summed E-state index contributed by atoms with van der Waals surface area (Å²) < 4.78 is 4.64. The molecule has 0 atom stereocenters. The lowest BCUT2D eigenvalue weighted by Gasteiger charge is -2.26.